The number of methoxy groups -OCH3 is 1. The number of hydrogen-bond donors (Lipinski definition) is 1. The van der Waals surface area contributed by atoms with Crippen LogP contribution in [0.3, 0.4) is 0 Å². The van der Waals surface area contributed by atoms with Crippen molar-refractivity contribution < 1.29 is 14.3 Å². The number of carbonyl (C=O) groups excluding carboxylic acids is 2. The van der Waals surface area contributed by atoms with Crippen LogP contribution in [0.5, 0.6) is 5.75 Å². The van der Waals surface area contributed by atoms with Gasteiger partial charge >= 0.3 is 0 Å². The van der Waals surface area contributed by atoms with Crippen LogP contribution >= 0.6 is 11.6 Å². The van der Waals surface area contributed by atoms with E-state index in [0.717, 1.165) is 28.0 Å². The topological polar surface area (TPSA) is 71.5 Å². The molecular formula is C31H30ClN3O3. The van der Waals surface area contributed by atoms with E-state index >= 15 is 0 Å². The van der Waals surface area contributed by atoms with E-state index in [0.29, 0.717) is 18.0 Å². The molecule has 0 aliphatic heterocycles. The Balaban J connectivity index is 1.64. The van der Waals surface area contributed by atoms with Crippen LogP contribution in [0.1, 0.15) is 22.3 Å². The lowest BCUT2D eigenvalue weighted by atomic mass is 10.0. The third-order valence-corrected chi connectivity index (χ3v) is 6.49. The van der Waals surface area contributed by atoms with Gasteiger partial charge in [-0.2, -0.15) is 0 Å². The third-order valence-electron chi connectivity index (χ3n) is 6.24. The number of aromatic nitrogens is 1. The molecule has 7 heteroatoms. The van der Waals surface area contributed by atoms with Crippen molar-refractivity contribution in [2.75, 3.05) is 7.11 Å². The maximum absolute atomic E-state index is 13.8. The first kappa shape index (κ1) is 26.9. The van der Waals surface area contributed by atoms with E-state index in [9.17, 15) is 9.59 Å². The number of halogens is 1. The Morgan fingerprint density at radius 3 is 2.21 bits per heavy atom. The van der Waals surface area contributed by atoms with Gasteiger partial charge in [0, 0.05) is 36.9 Å². The van der Waals surface area contributed by atoms with Crippen molar-refractivity contribution in [1.82, 2.24) is 15.2 Å². The minimum atomic E-state index is -0.726. The van der Waals surface area contributed by atoms with Crippen LogP contribution in [0.4, 0.5) is 0 Å². The van der Waals surface area contributed by atoms with Gasteiger partial charge in [-0.25, -0.2) is 0 Å². The summed E-state index contributed by atoms with van der Waals surface area (Å²) in [6.45, 7) is 0.591. The molecule has 1 heterocycles. The highest BCUT2D eigenvalue weighted by Gasteiger charge is 2.30. The molecule has 3 aromatic carbocycles. The lowest BCUT2D eigenvalue weighted by Crippen LogP contribution is -2.50. The number of nitrogens with zero attached hydrogens (tertiary/aromatic N) is 2. The van der Waals surface area contributed by atoms with Crippen LogP contribution < -0.4 is 10.1 Å². The molecule has 0 fully saturated rings. The van der Waals surface area contributed by atoms with E-state index < -0.39 is 6.04 Å². The quantitative estimate of drug-likeness (QED) is 0.289. The number of carbonyl (C=O) groups is 2. The smallest absolute Gasteiger partial charge is 0.243 e. The van der Waals surface area contributed by atoms with E-state index in [1.807, 2.05) is 78.9 Å². The molecule has 194 valence electrons. The predicted molar refractivity (Wildman–Crippen MR) is 149 cm³/mol. The molecule has 0 bridgehead atoms. The van der Waals surface area contributed by atoms with Gasteiger partial charge in [0.1, 0.15) is 11.8 Å². The van der Waals surface area contributed by atoms with Gasteiger partial charge in [0.25, 0.3) is 0 Å². The monoisotopic (exact) mass is 527 g/mol. The molecule has 6 nitrogen and oxygen atoms in total. The van der Waals surface area contributed by atoms with Crippen molar-refractivity contribution in [3.63, 3.8) is 0 Å². The Labute approximate surface area is 228 Å². The van der Waals surface area contributed by atoms with E-state index in [4.69, 9.17) is 16.3 Å². The molecule has 1 aromatic heterocycles. The summed E-state index contributed by atoms with van der Waals surface area (Å²) < 4.78 is 5.29. The Hall–Kier alpha value is -4.16. The second kappa shape index (κ2) is 13.4. The first-order valence-corrected chi connectivity index (χ1v) is 12.8. The molecule has 38 heavy (non-hydrogen) atoms. The maximum Gasteiger partial charge on any atom is 0.243 e. The molecule has 2 amide bonds. The van der Waals surface area contributed by atoms with Gasteiger partial charge in [-0.3, -0.25) is 14.6 Å². The van der Waals surface area contributed by atoms with E-state index in [2.05, 4.69) is 10.3 Å². The summed E-state index contributed by atoms with van der Waals surface area (Å²) in [4.78, 5) is 33.3. The number of pyridine rings is 1. The fourth-order valence-corrected chi connectivity index (χ4v) is 4.30. The lowest BCUT2D eigenvalue weighted by Gasteiger charge is -2.32. The highest BCUT2D eigenvalue weighted by molar-refractivity contribution is 6.30. The van der Waals surface area contributed by atoms with Gasteiger partial charge in [-0.1, -0.05) is 72.3 Å². The predicted octanol–water partition coefficient (Wildman–Crippen LogP) is 5.24. The van der Waals surface area contributed by atoms with Crippen LogP contribution in [0.25, 0.3) is 0 Å². The molecule has 1 unspecified atom stereocenters. The molecule has 0 aliphatic carbocycles. The Kier molecular flexibility index (Phi) is 9.48. The fourth-order valence-electron chi connectivity index (χ4n) is 4.17. The Morgan fingerprint density at radius 2 is 1.55 bits per heavy atom. The van der Waals surface area contributed by atoms with Crippen LogP contribution in [0.15, 0.2) is 103 Å². The van der Waals surface area contributed by atoms with E-state index in [1.165, 1.54) is 0 Å². The summed E-state index contributed by atoms with van der Waals surface area (Å²) >= 11 is 6.05. The van der Waals surface area contributed by atoms with Crippen LogP contribution in [0.2, 0.25) is 5.02 Å². The normalized spacial score (nSPS) is 11.4. The van der Waals surface area contributed by atoms with Crippen molar-refractivity contribution >= 4 is 23.4 Å². The summed E-state index contributed by atoms with van der Waals surface area (Å²) in [5.41, 5.74) is 3.57. The number of amides is 2. The van der Waals surface area contributed by atoms with Crippen LogP contribution in [-0.4, -0.2) is 34.8 Å². The zero-order chi connectivity index (χ0) is 26.7. The zero-order valence-electron chi connectivity index (χ0n) is 21.2. The minimum absolute atomic E-state index is 0.147. The SMILES string of the molecule is COc1ccc(CN(C(=O)Cc2ccc(Cl)cc2)C(Cc2ccccc2)C(=O)NCc2cccnc2)cc1. The Bertz CT molecular complexity index is 1310. The summed E-state index contributed by atoms with van der Waals surface area (Å²) in [5, 5.41) is 3.62. The van der Waals surface area contributed by atoms with Gasteiger partial charge in [-0.05, 0) is 52.6 Å². The second-order valence-electron chi connectivity index (χ2n) is 8.96. The highest BCUT2D eigenvalue weighted by atomic mass is 35.5. The zero-order valence-corrected chi connectivity index (χ0v) is 22.0. The molecule has 0 radical (unpaired) electrons. The summed E-state index contributed by atoms with van der Waals surface area (Å²) in [5.74, 6) is 0.346. The van der Waals surface area contributed by atoms with Gasteiger partial charge in [-0.15, -0.1) is 0 Å². The Morgan fingerprint density at radius 1 is 0.868 bits per heavy atom. The first-order chi connectivity index (χ1) is 18.5. The molecule has 4 aromatic rings. The number of nitrogens with one attached hydrogen (secondary N) is 1. The van der Waals surface area contributed by atoms with Gasteiger partial charge in [0.15, 0.2) is 0 Å². The first-order valence-electron chi connectivity index (χ1n) is 12.4. The number of hydrogen-bond acceptors (Lipinski definition) is 4. The summed E-state index contributed by atoms with van der Waals surface area (Å²) in [6.07, 6.45) is 3.93. The van der Waals surface area contributed by atoms with Crippen LogP contribution in [0, 0.1) is 0 Å². The lowest BCUT2D eigenvalue weighted by molar-refractivity contribution is -0.140. The molecule has 1 atom stereocenters. The van der Waals surface area contributed by atoms with Crippen LogP contribution in [-0.2, 0) is 35.5 Å². The third kappa shape index (κ3) is 7.67. The standard InChI is InChI=1S/C31H30ClN3O3/c1-38-28-15-11-25(12-16-28)22-35(30(36)19-24-9-13-27(32)14-10-24)29(18-23-6-3-2-4-7-23)31(37)34-21-26-8-5-17-33-20-26/h2-17,20,29H,18-19,21-22H2,1H3,(H,34,37). The maximum atomic E-state index is 13.8. The summed E-state index contributed by atoms with van der Waals surface area (Å²) in [6, 6.07) is 27.5. The van der Waals surface area contributed by atoms with Crippen molar-refractivity contribution in [3.05, 3.63) is 131 Å². The average Bonchev–Trinajstić information content (AvgIpc) is 2.96. The van der Waals surface area contributed by atoms with Gasteiger partial charge in [0.2, 0.25) is 11.8 Å². The molecular weight excluding hydrogens is 498 g/mol. The van der Waals surface area contributed by atoms with Crippen molar-refractivity contribution in [2.24, 2.45) is 0 Å². The molecule has 0 saturated heterocycles. The van der Waals surface area contributed by atoms with E-state index in [-0.39, 0.29) is 24.8 Å². The van der Waals surface area contributed by atoms with Gasteiger partial charge < -0.3 is 15.0 Å². The van der Waals surface area contributed by atoms with Crippen molar-refractivity contribution in [3.8, 4) is 5.75 Å². The number of benzene rings is 3. The average molecular weight is 528 g/mol. The number of rotatable bonds is 11. The molecule has 0 aliphatic rings. The molecule has 4 rings (SSSR count). The molecule has 0 saturated carbocycles. The second-order valence-corrected chi connectivity index (χ2v) is 9.39. The molecule has 0 spiro atoms. The van der Waals surface area contributed by atoms with Crippen molar-refractivity contribution in [1.29, 1.82) is 0 Å². The largest absolute Gasteiger partial charge is 0.497 e. The highest BCUT2D eigenvalue weighted by Crippen LogP contribution is 2.19. The van der Waals surface area contributed by atoms with Gasteiger partial charge in [0.05, 0.1) is 13.5 Å². The molecule has 1 N–H and O–H groups in total. The fraction of sp³-hybridized carbons (Fsp3) is 0.194. The summed E-state index contributed by atoms with van der Waals surface area (Å²) in [7, 11) is 1.61. The van der Waals surface area contributed by atoms with Crippen molar-refractivity contribution in [2.45, 2.75) is 32.0 Å². The minimum Gasteiger partial charge on any atom is -0.497 e. The number of ether oxygens (including phenoxy) is 1. The van der Waals surface area contributed by atoms with E-state index in [1.54, 1.807) is 36.5 Å².